The van der Waals surface area contributed by atoms with Crippen LogP contribution in [0.3, 0.4) is 0 Å². The maximum absolute atomic E-state index is 13.1. The molecule has 0 aliphatic heterocycles. The van der Waals surface area contributed by atoms with Gasteiger partial charge in [-0.05, 0) is 49.1 Å². The van der Waals surface area contributed by atoms with Crippen LogP contribution in [0.15, 0.2) is 51.4 Å². The molecule has 3 aromatic heterocycles. The summed E-state index contributed by atoms with van der Waals surface area (Å²) in [6.07, 6.45) is 2.43. The quantitative estimate of drug-likeness (QED) is 0.410. The number of hydrogen-bond acceptors (Lipinski definition) is 5. The van der Waals surface area contributed by atoms with Gasteiger partial charge in [-0.2, -0.15) is 0 Å². The number of rotatable bonds is 9. The minimum atomic E-state index is -0.418. The number of amides is 1. The van der Waals surface area contributed by atoms with Crippen molar-refractivity contribution in [1.29, 1.82) is 0 Å². The first kappa shape index (κ1) is 23.0. The molecule has 0 fully saturated rings. The Morgan fingerprint density at radius 2 is 1.85 bits per heavy atom. The van der Waals surface area contributed by atoms with E-state index in [9.17, 15) is 14.4 Å². The van der Waals surface area contributed by atoms with Crippen LogP contribution in [0.1, 0.15) is 39.2 Å². The lowest BCUT2D eigenvalue weighted by Gasteiger charge is -2.13. The maximum Gasteiger partial charge on any atom is 0.352 e. The number of fused-ring (bicyclic) bond motifs is 3. The summed E-state index contributed by atoms with van der Waals surface area (Å²) in [6, 6.07) is 11.8. The summed E-state index contributed by atoms with van der Waals surface area (Å²) in [5.41, 5.74) is 1.19. The molecule has 1 amide bonds. The Kier molecular flexibility index (Phi) is 6.78. The second-order valence-electron chi connectivity index (χ2n) is 8.84. The van der Waals surface area contributed by atoms with E-state index in [0.717, 1.165) is 23.9 Å². The van der Waals surface area contributed by atoms with E-state index in [1.165, 1.54) is 21.3 Å². The molecular weight excluding hydrogens is 438 g/mol. The fourth-order valence-corrected chi connectivity index (χ4v) is 4.71. The molecule has 8 nitrogen and oxygen atoms in total. The van der Waals surface area contributed by atoms with E-state index < -0.39 is 5.69 Å². The lowest BCUT2D eigenvalue weighted by molar-refractivity contribution is -0.122. The minimum Gasteiger partial charge on any atom is -0.352 e. The normalized spacial score (nSPS) is 12.6. The van der Waals surface area contributed by atoms with Crippen LogP contribution in [0, 0.1) is 5.92 Å². The highest BCUT2D eigenvalue weighted by atomic mass is 32.1. The molecule has 0 unspecified atom stereocenters. The molecule has 0 spiro atoms. The molecule has 4 rings (SSSR count). The van der Waals surface area contributed by atoms with E-state index in [2.05, 4.69) is 36.4 Å². The molecule has 0 radical (unpaired) electrons. The van der Waals surface area contributed by atoms with Crippen LogP contribution >= 0.6 is 11.3 Å². The third-order valence-electron chi connectivity index (χ3n) is 5.73. The summed E-state index contributed by atoms with van der Waals surface area (Å²) in [4.78, 5) is 38.8. The van der Waals surface area contributed by atoms with Crippen molar-refractivity contribution in [2.75, 3.05) is 0 Å². The zero-order valence-electron chi connectivity index (χ0n) is 19.2. The molecular formula is C24H29N5O3S. The fraction of sp³-hybridized carbons (Fsp3) is 0.417. The fourth-order valence-electron chi connectivity index (χ4n) is 3.88. The molecule has 0 bridgehead atoms. The number of aromatic nitrogens is 4. The molecule has 0 aliphatic rings. The Labute approximate surface area is 195 Å². The van der Waals surface area contributed by atoms with Crippen LogP contribution in [0.5, 0.6) is 0 Å². The highest BCUT2D eigenvalue weighted by Crippen LogP contribution is 2.17. The van der Waals surface area contributed by atoms with Gasteiger partial charge in [0.25, 0.3) is 5.56 Å². The van der Waals surface area contributed by atoms with Gasteiger partial charge in [0.1, 0.15) is 11.2 Å². The van der Waals surface area contributed by atoms with Gasteiger partial charge >= 0.3 is 5.69 Å². The summed E-state index contributed by atoms with van der Waals surface area (Å²) >= 11 is 1.31. The van der Waals surface area contributed by atoms with Gasteiger partial charge in [-0.15, -0.1) is 16.4 Å². The lowest BCUT2D eigenvalue weighted by atomic mass is 10.1. The SMILES string of the molecule is CC(C)CCn1c(=O)c2sccc2n2c(=O)n(CC(=O)N[C@@H](C)CCc3ccccc3)nc12. The number of thiophene rings is 1. The molecule has 0 saturated carbocycles. The number of nitrogens with one attached hydrogen (secondary N) is 1. The summed E-state index contributed by atoms with van der Waals surface area (Å²) in [5, 5.41) is 9.14. The highest BCUT2D eigenvalue weighted by molar-refractivity contribution is 7.17. The van der Waals surface area contributed by atoms with Crippen molar-refractivity contribution >= 4 is 33.2 Å². The average molecular weight is 468 g/mol. The summed E-state index contributed by atoms with van der Waals surface area (Å²) < 4.78 is 4.67. The topological polar surface area (TPSA) is 90.4 Å². The standard InChI is InChI=1S/C24H29N5O3S/c1-16(2)11-13-27-22(31)21-19(12-14-33-21)29-23(27)26-28(24(29)32)15-20(30)25-17(3)9-10-18-7-5-4-6-8-18/h4-8,12,14,16-17H,9-11,13,15H2,1-3H3,(H,25,30)/t17-/m0/s1. The van der Waals surface area contributed by atoms with E-state index in [1.807, 2.05) is 25.1 Å². The lowest BCUT2D eigenvalue weighted by Crippen LogP contribution is -2.38. The van der Waals surface area contributed by atoms with Crippen LogP contribution in [0.2, 0.25) is 0 Å². The Balaban J connectivity index is 1.56. The molecule has 1 aromatic carbocycles. The Morgan fingerprint density at radius 1 is 1.09 bits per heavy atom. The van der Waals surface area contributed by atoms with Crippen molar-refractivity contribution < 1.29 is 4.79 Å². The van der Waals surface area contributed by atoms with Gasteiger partial charge < -0.3 is 5.32 Å². The predicted molar refractivity (Wildman–Crippen MR) is 131 cm³/mol. The van der Waals surface area contributed by atoms with E-state index in [0.29, 0.717) is 22.7 Å². The number of carbonyl (C=O) groups excluding carboxylic acids is 1. The highest BCUT2D eigenvalue weighted by Gasteiger charge is 2.20. The van der Waals surface area contributed by atoms with Crippen molar-refractivity contribution in [3.05, 3.63) is 68.2 Å². The van der Waals surface area contributed by atoms with E-state index in [4.69, 9.17) is 0 Å². The van der Waals surface area contributed by atoms with Gasteiger partial charge in [0.2, 0.25) is 11.7 Å². The van der Waals surface area contributed by atoms with Crippen LogP contribution in [-0.2, 0) is 24.3 Å². The zero-order chi connectivity index (χ0) is 23.5. The monoisotopic (exact) mass is 467 g/mol. The summed E-state index contributed by atoms with van der Waals surface area (Å²) in [6.45, 7) is 6.39. The number of hydrogen-bond donors (Lipinski definition) is 1. The summed E-state index contributed by atoms with van der Waals surface area (Å²) in [7, 11) is 0. The Morgan fingerprint density at radius 3 is 2.58 bits per heavy atom. The summed E-state index contributed by atoms with van der Waals surface area (Å²) in [5.74, 6) is 0.396. The molecule has 174 valence electrons. The van der Waals surface area contributed by atoms with Gasteiger partial charge in [0.15, 0.2) is 0 Å². The molecule has 33 heavy (non-hydrogen) atoms. The van der Waals surface area contributed by atoms with Crippen molar-refractivity contribution in [3.63, 3.8) is 0 Å². The molecule has 1 atom stereocenters. The van der Waals surface area contributed by atoms with E-state index >= 15 is 0 Å². The van der Waals surface area contributed by atoms with Gasteiger partial charge in [-0.25, -0.2) is 13.9 Å². The van der Waals surface area contributed by atoms with Crippen LogP contribution in [0.4, 0.5) is 0 Å². The second kappa shape index (κ2) is 9.74. The van der Waals surface area contributed by atoms with Crippen molar-refractivity contribution in [1.82, 2.24) is 24.1 Å². The zero-order valence-corrected chi connectivity index (χ0v) is 20.0. The third-order valence-corrected chi connectivity index (χ3v) is 6.62. The van der Waals surface area contributed by atoms with Crippen molar-refractivity contribution in [3.8, 4) is 0 Å². The van der Waals surface area contributed by atoms with Crippen LogP contribution < -0.4 is 16.6 Å². The van der Waals surface area contributed by atoms with Crippen LogP contribution in [0.25, 0.3) is 16.0 Å². The number of carbonyl (C=O) groups is 1. The maximum atomic E-state index is 13.1. The Hall–Kier alpha value is -3.20. The van der Waals surface area contributed by atoms with E-state index in [1.54, 1.807) is 16.0 Å². The Bertz CT molecular complexity index is 1380. The first-order valence-electron chi connectivity index (χ1n) is 11.3. The molecule has 3 heterocycles. The smallest absolute Gasteiger partial charge is 0.352 e. The van der Waals surface area contributed by atoms with Gasteiger partial charge in [-0.3, -0.25) is 14.2 Å². The number of benzene rings is 1. The minimum absolute atomic E-state index is 0.0433. The van der Waals surface area contributed by atoms with Gasteiger partial charge in [0, 0.05) is 12.6 Å². The first-order valence-corrected chi connectivity index (χ1v) is 12.2. The van der Waals surface area contributed by atoms with Crippen molar-refractivity contribution in [2.45, 2.75) is 59.2 Å². The molecule has 4 aromatic rings. The van der Waals surface area contributed by atoms with Crippen LogP contribution in [-0.4, -0.2) is 30.7 Å². The largest absolute Gasteiger partial charge is 0.352 e. The molecule has 0 saturated heterocycles. The predicted octanol–water partition coefficient (Wildman–Crippen LogP) is 3.06. The number of aryl methyl sites for hydroxylation is 2. The molecule has 9 heteroatoms. The first-order chi connectivity index (χ1) is 15.8. The van der Waals surface area contributed by atoms with Gasteiger partial charge in [0.05, 0.1) is 5.52 Å². The third kappa shape index (κ3) is 4.93. The second-order valence-corrected chi connectivity index (χ2v) is 9.76. The molecule has 0 aliphatic carbocycles. The average Bonchev–Trinajstić information content (AvgIpc) is 3.38. The molecule has 1 N–H and O–H groups in total. The van der Waals surface area contributed by atoms with Crippen molar-refractivity contribution in [2.24, 2.45) is 5.92 Å². The van der Waals surface area contributed by atoms with Gasteiger partial charge in [-0.1, -0.05) is 44.2 Å². The van der Waals surface area contributed by atoms with E-state index in [-0.39, 0.29) is 29.8 Å². The number of nitrogens with zero attached hydrogens (tertiary/aromatic N) is 4.